The Labute approximate surface area is 187 Å². The van der Waals surface area contributed by atoms with Crippen LogP contribution in [0.4, 0.5) is 0 Å². The molecule has 0 atom stereocenters. The van der Waals surface area contributed by atoms with Crippen LogP contribution < -0.4 is 0 Å². The first kappa shape index (κ1) is 21.7. The Kier molecular flexibility index (Phi) is 6.22. The summed E-state index contributed by atoms with van der Waals surface area (Å²) in [4.78, 5) is 19.4. The maximum atomic E-state index is 13.0. The van der Waals surface area contributed by atoms with Crippen molar-refractivity contribution in [2.24, 2.45) is 0 Å². The van der Waals surface area contributed by atoms with Gasteiger partial charge in [0, 0.05) is 37.1 Å². The summed E-state index contributed by atoms with van der Waals surface area (Å²) in [6, 6.07) is 15.3. The predicted molar refractivity (Wildman–Crippen MR) is 123 cm³/mol. The number of benzene rings is 2. The van der Waals surface area contributed by atoms with Gasteiger partial charge in [-0.1, -0.05) is 48.0 Å². The lowest BCUT2D eigenvalue weighted by molar-refractivity contribution is -0.131. The fourth-order valence-electron chi connectivity index (χ4n) is 3.77. The zero-order chi connectivity index (χ0) is 22.0. The molecule has 1 aromatic heterocycles. The number of aromatic nitrogens is 1. The van der Waals surface area contributed by atoms with Gasteiger partial charge in [-0.15, -0.1) is 11.3 Å². The van der Waals surface area contributed by atoms with Crippen molar-refractivity contribution in [2.45, 2.75) is 25.2 Å². The van der Waals surface area contributed by atoms with Crippen molar-refractivity contribution < 1.29 is 13.2 Å². The molecule has 1 amide bonds. The van der Waals surface area contributed by atoms with Crippen LogP contribution in [0.3, 0.4) is 0 Å². The fourth-order valence-corrected chi connectivity index (χ4v) is 6.23. The first-order chi connectivity index (χ1) is 14.8. The van der Waals surface area contributed by atoms with E-state index in [0.717, 1.165) is 27.4 Å². The molecule has 8 heteroatoms. The molecule has 0 N–H and O–H groups in total. The van der Waals surface area contributed by atoms with Crippen LogP contribution in [-0.2, 0) is 21.2 Å². The second-order valence-corrected chi connectivity index (χ2v) is 10.5. The number of hydrogen-bond donors (Lipinski definition) is 0. The smallest absolute Gasteiger partial charge is 0.243 e. The highest BCUT2D eigenvalue weighted by atomic mass is 32.2. The summed E-state index contributed by atoms with van der Waals surface area (Å²) in [6.07, 6.45) is 0.229. The highest BCUT2D eigenvalue weighted by molar-refractivity contribution is 7.89. The van der Waals surface area contributed by atoms with Gasteiger partial charge in [-0.25, -0.2) is 13.4 Å². The maximum Gasteiger partial charge on any atom is 0.243 e. The summed E-state index contributed by atoms with van der Waals surface area (Å²) in [5.74, 6) is -0.0199. The van der Waals surface area contributed by atoms with Crippen molar-refractivity contribution in [3.8, 4) is 10.6 Å². The minimum absolute atomic E-state index is 0.0199. The monoisotopic (exact) mass is 455 g/mol. The molecule has 6 nitrogen and oxygen atoms in total. The number of rotatable bonds is 5. The van der Waals surface area contributed by atoms with E-state index in [1.807, 2.05) is 61.7 Å². The number of thiazole rings is 1. The predicted octanol–water partition coefficient (Wildman–Crippen LogP) is 3.50. The second-order valence-electron chi connectivity index (χ2n) is 7.74. The zero-order valence-electron chi connectivity index (χ0n) is 17.6. The third-order valence-corrected chi connectivity index (χ3v) is 8.44. The highest BCUT2D eigenvalue weighted by Crippen LogP contribution is 2.25. The van der Waals surface area contributed by atoms with E-state index in [1.165, 1.54) is 15.6 Å². The Morgan fingerprint density at radius 2 is 1.74 bits per heavy atom. The molecule has 1 aliphatic rings. The molecule has 1 fully saturated rings. The summed E-state index contributed by atoms with van der Waals surface area (Å²) in [5, 5.41) is 2.81. The Balaban J connectivity index is 1.37. The van der Waals surface area contributed by atoms with E-state index in [9.17, 15) is 13.2 Å². The van der Waals surface area contributed by atoms with Gasteiger partial charge in [0.15, 0.2) is 0 Å². The molecule has 2 heterocycles. The normalized spacial score (nSPS) is 15.2. The SMILES string of the molecule is Cc1ccc(S(=O)(=O)N2CCN(C(=O)Cc3csc(-c4ccccc4)n3)CC2)c(C)c1. The molecule has 4 rings (SSSR count). The van der Waals surface area contributed by atoms with E-state index >= 15 is 0 Å². The number of carbonyl (C=O) groups is 1. The average Bonchev–Trinajstić information content (AvgIpc) is 3.22. The standard InChI is InChI=1S/C23H25N3O3S2/c1-17-8-9-21(18(2)14-17)31(28,29)26-12-10-25(11-13-26)22(27)15-20-16-30-23(24-20)19-6-4-3-5-7-19/h3-9,14,16H,10-13,15H2,1-2H3. The van der Waals surface area contributed by atoms with Crippen LogP contribution in [0.1, 0.15) is 16.8 Å². The molecule has 3 aromatic rings. The second kappa shape index (κ2) is 8.90. The molecule has 0 spiro atoms. The van der Waals surface area contributed by atoms with Crippen molar-refractivity contribution in [3.05, 3.63) is 70.7 Å². The molecule has 31 heavy (non-hydrogen) atoms. The number of hydrogen-bond acceptors (Lipinski definition) is 5. The van der Waals surface area contributed by atoms with Gasteiger partial charge < -0.3 is 4.90 Å². The minimum Gasteiger partial charge on any atom is -0.340 e. The number of amides is 1. The molecule has 0 bridgehead atoms. The molecule has 2 aromatic carbocycles. The minimum atomic E-state index is -3.56. The lowest BCUT2D eigenvalue weighted by Crippen LogP contribution is -2.51. The van der Waals surface area contributed by atoms with Gasteiger partial charge in [0.05, 0.1) is 17.0 Å². The molecular weight excluding hydrogens is 430 g/mol. The van der Waals surface area contributed by atoms with E-state index < -0.39 is 10.0 Å². The van der Waals surface area contributed by atoms with Gasteiger partial charge in [0.2, 0.25) is 15.9 Å². The molecular formula is C23H25N3O3S2. The Morgan fingerprint density at radius 3 is 2.42 bits per heavy atom. The third kappa shape index (κ3) is 4.71. The zero-order valence-corrected chi connectivity index (χ0v) is 19.2. The van der Waals surface area contributed by atoms with E-state index in [4.69, 9.17) is 0 Å². The topological polar surface area (TPSA) is 70.6 Å². The van der Waals surface area contributed by atoms with Gasteiger partial charge in [0.25, 0.3) is 0 Å². The van der Waals surface area contributed by atoms with Gasteiger partial charge in [0.1, 0.15) is 5.01 Å². The summed E-state index contributed by atoms with van der Waals surface area (Å²) in [5.41, 5.74) is 3.57. The van der Waals surface area contributed by atoms with Gasteiger partial charge >= 0.3 is 0 Å². The lowest BCUT2D eigenvalue weighted by atomic mass is 10.2. The molecule has 0 unspecified atom stereocenters. The summed E-state index contributed by atoms with van der Waals surface area (Å²) in [7, 11) is -3.56. The summed E-state index contributed by atoms with van der Waals surface area (Å²) < 4.78 is 27.6. The van der Waals surface area contributed by atoms with Crippen LogP contribution in [0.2, 0.25) is 0 Å². The molecule has 0 saturated carbocycles. The van der Waals surface area contributed by atoms with Gasteiger partial charge in [-0.2, -0.15) is 4.31 Å². The summed E-state index contributed by atoms with van der Waals surface area (Å²) >= 11 is 1.53. The van der Waals surface area contributed by atoms with Crippen LogP contribution in [0, 0.1) is 13.8 Å². The van der Waals surface area contributed by atoms with Crippen LogP contribution in [0.25, 0.3) is 10.6 Å². The fraction of sp³-hybridized carbons (Fsp3) is 0.304. The van der Waals surface area contributed by atoms with Crippen LogP contribution in [0.5, 0.6) is 0 Å². The maximum absolute atomic E-state index is 13.0. The number of nitrogens with zero attached hydrogens (tertiary/aromatic N) is 3. The first-order valence-corrected chi connectivity index (χ1v) is 12.5. The van der Waals surface area contributed by atoms with Crippen molar-refractivity contribution >= 4 is 27.3 Å². The van der Waals surface area contributed by atoms with Crippen molar-refractivity contribution in [2.75, 3.05) is 26.2 Å². The van der Waals surface area contributed by atoms with Crippen LogP contribution in [-0.4, -0.2) is 54.7 Å². The Bertz CT molecular complexity index is 1180. The number of piperazine rings is 1. The van der Waals surface area contributed by atoms with E-state index in [2.05, 4.69) is 4.98 Å². The number of carbonyl (C=O) groups excluding carboxylic acids is 1. The quantitative estimate of drug-likeness (QED) is 0.590. The van der Waals surface area contributed by atoms with Gasteiger partial charge in [-0.05, 0) is 25.5 Å². The lowest BCUT2D eigenvalue weighted by Gasteiger charge is -2.34. The van der Waals surface area contributed by atoms with Crippen molar-refractivity contribution in [1.29, 1.82) is 0 Å². The molecule has 1 saturated heterocycles. The van der Waals surface area contributed by atoms with Crippen LogP contribution >= 0.6 is 11.3 Å². The Hall–Kier alpha value is -2.55. The number of aryl methyl sites for hydroxylation is 2. The van der Waals surface area contributed by atoms with Crippen LogP contribution in [0.15, 0.2) is 58.8 Å². The average molecular weight is 456 g/mol. The first-order valence-electron chi connectivity index (χ1n) is 10.2. The van der Waals surface area contributed by atoms with E-state index in [-0.39, 0.29) is 12.3 Å². The molecule has 1 aliphatic heterocycles. The van der Waals surface area contributed by atoms with Gasteiger partial charge in [-0.3, -0.25) is 4.79 Å². The molecule has 0 radical (unpaired) electrons. The third-order valence-electron chi connectivity index (χ3n) is 5.44. The Morgan fingerprint density at radius 1 is 1.03 bits per heavy atom. The van der Waals surface area contributed by atoms with Crippen molar-refractivity contribution in [3.63, 3.8) is 0 Å². The molecule has 162 valence electrons. The largest absolute Gasteiger partial charge is 0.340 e. The number of sulfonamides is 1. The molecule has 0 aliphatic carbocycles. The van der Waals surface area contributed by atoms with Crippen molar-refractivity contribution in [1.82, 2.24) is 14.2 Å². The summed E-state index contributed by atoms with van der Waals surface area (Å²) in [6.45, 7) is 5.13. The highest BCUT2D eigenvalue weighted by Gasteiger charge is 2.31. The van der Waals surface area contributed by atoms with E-state index in [0.29, 0.717) is 31.1 Å². The van der Waals surface area contributed by atoms with E-state index in [1.54, 1.807) is 11.0 Å².